The molecule has 0 radical (unpaired) electrons. The fourth-order valence-electron chi connectivity index (χ4n) is 4.86. The van der Waals surface area contributed by atoms with Gasteiger partial charge in [-0.1, -0.05) is 139 Å². The van der Waals surface area contributed by atoms with Crippen molar-refractivity contribution in [2.75, 3.05) is 0 Å². The molecule has 0 aromatic heterocycles. The summed E-state index contributed by atoms with van der Waals surface area (Å²) < 4.78 is 0. The van der Waals surface area contributed by atoms with E-state index < -0.39 is 0 Å². The molecular weight excluding hydrogens is 458 g/mol. The van der Waals surface area contributed by atoms with Gasteiger partial charge in [0.1, 0.15) is 0 Å². The average molecular weight is 498 g/mol. The quantitative estimate of drug-likeness (QED) is 0.221. The Balaban J connectivity index is 0.000000194. The topological polar surface area (TPSA) is 12.0 Å². The molecule has 5 aromatic carbocycles. The Bertz CT molecular complexity index is 1310. The lowest BCUT2D eigenvalue weighted by atomic mass is 9.80. The highest BCUT2D eigenvalue weighted by molar-refractivity contribution is 5.50. The lowest BCUT2D eigenvalue weighted by molar-refractivity contribution is 0.693. The van der Waals surface area contributed by atoms with Crippen LogP contribution in [0.15, 0.2) is 127 Å². The number of hydrogen-bond acceptors (Lipinski definition) is 1. The van der Waals surface area contributed by atoms with Crippen LogP contribution in [0.25, 0.3) is 0 Å². The van der Waals surface area contributed by atoms with Crippen LogP contribution in [0, 0.1) is 27.7 Å². The van der Waals surface area contributed by atoms with Crippen LogP contribution >= 0.6 is 0 Å². The maximum absolute atomic E-state index is 3.42. The smallest absolute Gasteiger partial charge is 0.0345 e. The van der Waals surface area contributed by atoms with E-state index in [0.717, 1.165) is 13.1 Å². The second-order valence-corrected chi connectivity index (χ2v) is 10.1. The highest BCUT2D eigenvalue weighted by Crippen LogP contribution is 2.36. The van der Waals surface area contributed by atoms with Gasteiger partial charge in [-0.2, -0.15) is 0 Å². The minimum atomic E-state index is 0.288. The largest absolute Gasteiger partial charge is 0.309 e. The first kappa shape index (κ1) is 27.1. The van der Waals surface area contributed by atoms with E-state index in [1.807, 2.05) is 12.1 Å². The van der Waals surface area contributed by atoms with Gasteiger partial charge in [-0.15, -0.1) is 0 Å². The lowest BCUT2D eigenvalue weighted by Gasteiger charge is -2.23. The van der Waals surface area contributed by atoms with Crippen LogP contribution in [0.4, 0.5) is 0 Å². The van der Waals surface area contributed by atoms with Gasteiger partial charge in [0.2, 0.25) is 0 Å². The molecule has 192 valence electrons. The molecule has 0 unspecified atom stereocenters. The van der Waals surface area contributed by atoms with Gasteiger partial charge in [0.25, 0.3) is 0 Å². The van der Waals surface area contributed by atoms with Crippen LogP contribution in [0.3, 0.4) is 0 Å². The lowest BCUT2D eigenvalue weighted by Crippen LogP contribution is -2.12. The molecule has 0 fully saturated rings. The third-order valence-corrected chi connectivity index (χ3v) is 6.97. The highest BCUT2D eigenvalue weighted by atomic mass is 14.8. The average Bonchev–Trinajstić information content (AvgIpc) is 2.95. The molecule has 0 amide bonds. The van der Waals surface area contributed by atoms with E-state index in [2.05, 4.69) is 148 Å². The molecule has 38 heavy (non-hydrogen) atoms. The SMILES string of the molecule is Cc1ccc(C)c(C(c2ccccc2)c2cc(C)ccc2C)c1.c1ccc(CNCc2ccccc2)cc1. The summed E-state index contributed by atoms with van der Waals surface area (Å²) >= 11 is 0. The van der Waals surface area contributed by atoms with E-state index in [1.165, 1.54) is 50.1 Å². The van der Waals surface area contributed by atoms with Crippen molar-refractivity contribution in [1.29, 1.82) is 0 Å². The fourth-order valence-corrected chi connectivity index (χ4v) is 4.86. The molecule has 0 atom stereocenters. The molecule has 0 heterocycles. The number of hydrogen-bond donors (Lipinski definition) is 1. The molecule has 1 nitrogen and oxygen atoms in total. The van der Waals surface area contributed by atoms with Gasteiger partial charge in [0.05, 0.1) is 0 Å². The molecule has 0 aliphatic rings. The molecule has 0 bridgehead atoms. The maximum Gasteiger partial charge on any atom is 0.0345 e. The molecule has 1 N–H and O–H groups in total. The minimum absolute atomic E-state index is 0.288. The van der Waals surface area contributed by atoms with Gasteiger partial charge in [-0.3, -0.25) is 0 Å². The first-order valence-corrected chi connectivity index (χ1v) is 13.5. The summed E-state index contributed by atoms with van der Waals surface area (Å²) in [5, 5.41) is 3.42. The Morgan fingerprint density at radius 2 is 0.868 bits per heavy atom. The van der Waals surface area contributed by atoms with Gasteiger partial charge in [0.15, 0.2) is 0 Å². The number of nitrogens with one attached hydrogen (secondary N) is 1. The van der Waals surface area contributed by atoms with Crippen LogP contribution in [-0.4, -0.2) is 0 Å². The van der Waals surface area contributed by atoms with Crippen LogP contribution in [-0.2, 0) is 13.1 Å². The second kappa shape index (κ2) is 13.6. The summed E-state index contributed by atoms with van der Waals surface area (Å²) in [7, 11) is 0. The van der Waals surface area contributed by atoms with Crippen molar-refractivity contribution >= 4 is 0 Å². The van der Waals surface area contributed by atoms with Crippen LogP contribution in [0.1, 0.15) is 56.0 Å². The molecular formula is C37H39N. The third-order valence-electron chi connectivity index (χ3n) is 6.97. The van der Waals surface area contributed by atoms with Crippen LogP contribution < -0.4 is 5.32 Å². The Hall–Kier alpha value is -3.94. The molecule has 0 spiro atoms. The van der Waals surface area contributed by atoms with Crippen molar-refractivity contribution in [2.45, 2.75) is 46.7 Å². The number of benzene rings is 5. The fraction of sp³-hybridized carbons (Fsp3) is 0.189. The molecule has 5 aromatic rings. The predicted octanol–water partition coefficient (Wildman–Crippen LogP) is 9.08. The van der Waals surface area contributed by atoms with Crippen LogP contribution in [0.2, 0.25) is 0 Å². The monoisotopic (exact) mass is 497 g/mol. The van der Waals surface area contributed by atoms with Crippen molar-refractivity contribution in [3.05, 3.63) is 177 Å². The predicted molar refractivity (Wildman–Crippen MR) is 163 cm³/mol. The van der Waals surface area contributed by atoms with Crippen LogP contribution in [0.5, 0.6) is 0 Å². The Labute approximate surface area is 229 Å². The molecule has 0 saturated carbocycles. The zero-order valence-electron chi connectivity index (χ0n) is 23.1. The zero-order chi connectivity index (χ0) is 26.7. The van der Waals surface area contributed by atoms with Gasteiger partial charge < -0.3 is 5.32 Å². The summed E-state index contributed by atoms with van der Waals surface area (Å²) in [6.07, 6.45) is 0. The van der Waals surface area contributed by atoms with Crippen molar-refractivity contribution in [1.82, 2.24) is 5.32 Å². The Kier molecular flexibility index (Phi) is 9.67. The molecule has 0 aliphatic carbocycles. The molecule has 1 heteroatoms. The minimum Gasteiger partial charge on any atom is -0.309 e. The highest BCUT2D eigenvalue weighted by Gasteiger charge is 2.20. The first-order valence-electron chi connectivity index (χ1n) is 13.5. The van der Waals surface area contributed by atoms with Gasteiger partial charge in [-0.05, 0) is 66.6 Å². The molecule has 0 saturated heterocycles. The van der Waals surface area contributed by atoms with E-state index in [9.17, 15) is 0 Å². The summed E-state index contributed by atoms with van der Waals surface area (Å²) in [6, 6.07) is 45.3. The van der Waals surface area contributed by atoms with E-state index in [4.69, 9.17) is 0 Å². The standard InChI is InChI=1S/C23H24.C14H15N/c1-16-10-12-18(3)21(14-16)23(20-8-6-5-7-9-20)22-15-17(2)11-13-19(22)4;1-3-7-13(8-4-1)11-15-12-14-9-5-2-6-10-14/h5-15,23H,1-4H3;1-10,15H,11-12H2. The van der Waals surface area contributed by atoms with Crippen molar-refractivity contribution in [3.63, 3.8) is 0 Å². The van der Waals surface area contributed by atoms with E-state index in [-0.39, 0.29) is 5.92 Å². The number of rotatable bonds is 7. The number of aryl methyl sites for hydroxylation is 4. The summed E-state index contributed by atoms with van der Waals surface area (Å²) in [5.41, 5.74) is 12.2. The third kappa shape index (κ3) is 7.54. The Morgan fingerprint density at radius 1 is 0.474 bits per heavy atom. The van der Waals surface area contributed by atoms with Crippen molar-refractivity contribution < 1.29 is 0 Å². The molecule has 0 aliphatic heterocycles. The second-order valence-electron chi connectivity index (χ2n) is 10.1. The van der Waals surface area contributed by atoms with E-state index in [0.29, 0.717) is 0 Å². The summed E-state index contributed by atoms with van der Waals surface area (Å²) in [4.78, 5) is 0. The summed E-state index contributed by atoms with van der Waals surface area (Å²) in [6.45, 7) is 10.6. The van der Waals surface area contributed by atoms with Gasteiger partial charge in [-0.25, -0.2) is 0 Å². The Morgan fingerprint density at radius 3 is 1.29 bits per heavy atom. The maximum atomic E-state index is 3.42. The van der Waals surface area contributed by atoms with E-state index >= 15 is 0 Å². The van der Waals surface area contributed by atoms with Gasteiger partial charge >= 0.3 is 0 Å². The molecule has 5 rings (SSSR count). The van der Waals surface area contributed by atoms with E-state index in [1.54, 1.807) is 0 Å². The first-order chi connectivity index (χ1) is 18.5. The summed E-state index contributed by atoms with van der Waals surface area (Å²) in [5.74, 6) is 0.288. The van der Waals surface area contributed by atoms with Gasteiger partial charge in [0, 0.05) is 19.0 Å². The van der Waals surface area contributed by atoms with Crippen molar-refractivity contribution in [2.24, 2.45) is 0 Å². The normalized spacial score (nSPS) is 10.7. The van der Waals surface area contributed by atoms with Crippen molar-refractivity contribution in [3.8, 4) is 0 Å². The zero-order valence-corrected chi connectivity index (χ0v) is 23.1.